The molecule has 8 atom stereocenters. The summed E-state index contributed by atoms with van der Waals surface area (Å²) in [5, 5.41) is 5.18. The first-order chi connectivity index (χ1) is 23.8. The maximum Gasteiger partial charge on any atom is 0.109 e. The molecule has 8 rings (SSSR count). The van der Waals surface area contributed by atoms with E-state index < -0.39 is 0 Å². The molecule has 3 fully saturated rings. The Labute approximate surface area is 296 Å². The molecule has 4 aliphatic carbocycles. The van der Waals surface area contributed by atoms with Crippen molar-refractivity contribution in [1.82, 2.24) is 0 Å². The molecule has 0 bridgehead atoms. The lowest BCUT2D eigenvalue weighted by molar-refractivity contribution is -0.0706. The van der Waals surface area contributed by atoms with Crippen LogP contribution in [-0.2, 0) is 4.74 Å². The minimum absolute atomic E-state index is 0.100. The largest absolute Gasteiger partial charge is 0.365 e. The number of benzene rings is 4. The van der Waals surface area contributed by atoms with Crippen LogP contribution in [0.5, 0.6) is 0 Å². The van der Waals surface area contributed by atoms with Crippen LogP contribution in [0.15, 0.2) is 96.6 Å². The second-order valence-corrected chi connectivity index (χ2v) is 17.8. The number of hydrogen-bond acceptors (Lipinski definition) is 1. The second-order valence-electron chi connectivity index (χ2n) is 17.8. The first kappa shape index (κ1) is 33.3. The lowest BCUT2D eigenvalue weighted by atomic mass is 9.47. The third-order valence-electron chi connectivity index (χ3n) is 14.8. The summed E-state index contributed by atoms with van der Waals surface area (Å²) < 4.78 is 7.44. The fraction of sp³-hybridized carbons (Fsp3) is 0.542. The molecule has 0 heterocycles. The summed E-state index contributed by atoms with van der Waals surface area (Å²) in [6.45, 7) is 12.8. The van der Waals surface area contributed by atoms with Crippen LogP contribution < -0.4 is 0 Å². The average molecular weight is 653 g/mol. The van der Waals surface area contributed by atoms with Crippen LogP contribution >= 0.6 is 0 Å². The summed E-state index contributed by atoms with van der Waals surface area (Å²) in [4.78, 5) is 0. The fourth-order valence-corrected chi connectivity index (χ4v) is 12.2. The number of allylic oxidation sites excluding steroid dienone is 1. The molecule has 3 saturated carbocycles. The molecule has 1 heteroatoms. The molecular formula is C48H60O. The number of hydrogen-bond donors (Lipinski definition) is 0. The van der Waals surface area contributed by atoms with Crippen molar-refractivity contribution in [2.45, 2.75) is 117 Å². The fourth-order valence-electron chi connectivity index (χ4n) is 12.2. The van der Waals surface area contributed by atoms with Crippen molar-refractivity contribution in [3.8, 4) is 0 Å². The van der Waals surface area contributed by atoms with E-state index in [0.29, 0.717) is 10.8 Å². The summed E-state index contributed by atoms with van der Waals surface area (Å²) in [5.74, 6) is 5.26. The molecule has 0 radical (unpaired) electrons. The third kappa shape index (κ3) is 5.91. The lowest BCUT2D eigenvalue weighted by Crippen LogP contribution is -2.51. The highest BCUT2D eigenvalue weighted by molar-refractivity contribution is 5.89. The van der Waals surface area contributed by atoms with Gasteiger partial charge in [-0.1, -0.05) is 150 Å². The van der Waals surface area contributed by atoms with Crippen LogP contribution in [0.25, 0.3) is 21.5 Å². The number of fused-ring (bicyclic) bond motifs is 7. The molecule has 4 aromatic carbocycles. The highest BCUT2D eigenvalue weighted by Gasteiger charge is 2.59. The Morgan fingerprint density at radius 1 is 0.694 bits per heavy atom. The van der Waals surface area contributed by atoms with Gasteiger partial charge in [0.2, 0.25) is 0 Å². The van der Waals surface area contributed by atoms with Gasteiger partial charge in [-0.15, -0.1) is 0 Å². The zero-order chi connectivity index (χ0) is 33.8. The molecule has 0 aromatic heterocycles. The Morgan fingerprint density at radius 3 is 2.02 bits per heavy atom. The van der Waals surface area contributed by atoms with Crippen LogP contribution in [0.4, 0.5) is 0 Å². The Hall–Kier alpha value is -2.90. The quantitative estimate of drug-likeness (QED) is 0.164. The molecule has 0 spiro atoms. The molecule has 0 unspecified atom stereocenters. The number of ether oxygens (including phenoxy) is 1. The van der Waals surface area contributed by atoms with E-state index in [2.05, 4.69) is 126 Å². The standard InChI is InChI=1S/C48H60O/c1-32(2)13-10-14-33(3)43-25-26-44-42-24-23-36-31-37(27-29-47(36,4)45(42)28-30-48(43,44)5)49-46(40-21-11-17-34-15-6-8-19-38(34)40)41-22-12-18-35-16-7-9-20-39(35)41/h6-9,11-12,15-23,32-33,37,42-46H,10,13-14,24-31H2,1-5H3/t33-,37+,42+,43-,44+,45+,47+,48-/m1/s1. The second kappa shape index (κ2) is 13.3. The predicted molar refractivity (Wildman–Crippen MR) is 208 cm³/mol. The van der Waals surface area contributed by atoms with E-state index in [1.807, 2.05) is 0 Å². The minimum atomic E-state index is -0.100. The first-order valence-corrected chi connectivity index (χ1v) is 20.1. The smallest absolute Gasteiger partial charge is 0.109 e. The van der Waals surface area contributed by atoms with E-state index in [1.54, 1.807) is 5.57 Å². The van der Waals surface area contributed by atoms with Crippen molar-refractivity contribution >= 4 is 21.5 Å². The Bertz CT molecular complexity index is 1720. The van der Waals surface area contributed by atoms with E-state index in [-0.39, 0.29) is 12.2 Å². The van der Waals surface area contributed by atoms with Crippen molar-refractivity contribution in [2.75, 3.05) is 0 Å². The monoisotopic (exact) mass is 652 g/mol. The highest BCUT2D eigenvalue weighted by Crippen LogP contribution is 2.67. The van der Waals surface area contributed by atoms with Gasteiger partial charge in [0, 0.05) is 0 Å². The summed E-state index contributed by atoms with van der Waals surface area (Å²) in [6, 6.07) is 31.2. The molecule has 0 saturated heterocycles. The van der Waals surface area contributed by atoms with Crippen molar-refractivity contribution in [3.05, 3.63) is 108 Å². The number of rotatable bonds is 9. The zero-order valence-electron chi connectivity index (χ0n) is 31.0. The van der Waals surface area contributed by atoms with Gasteiger partial charge in [-0.25, -0.2) is 0 Å². The van der Waals surface area contributed by atoms with Crippen LogP contribution in [-0.4, -0.2) is 6.10 Å². The highest BCUT2D eigenvalue weighted by atomic mass is 16.5. The van der Waals surface area contributed by atoms with Crippen LogP contribution in [0.2, 0.25) is 0 Å². The van der Waals surface area contributed by atoms with Gasteiger partial charge in [-0.2, -0.15) is 0 Å². The van der Waals surface area contributed by atoms with Crippen molar-refractivity contribution in [2.24, 2.45) is 46.3 Å². The van der Waals surface area contributed by atoms with Gasteiger partial charge in [-0.05, 0) is 130 Å². The van der Waals surface area contributed by atoms with Gasteiger partial charge >= 0.3 is 0 Å². The Morgan fingerprint density at radius 2 is 1.35 bits per heavy atom. The predicted octanol–water partition coefficient (Wildman–Crippen LogP) is 13.5. The zero-order valence-corrected chi connectivity index (χ0v) is 31.0. The van der Waals surface area contributed by atoms with Gasteiger partial charge in [-0.3, -0.25) is 0 Å². The van der Waals surface area contributed by atoms with E-state index in [0.717, 1.165) is 48.3 Å². The molecule has 0 aliphatic heterocycles. The van der Waals surface area contributed by atoms with Crippen molar-refractivity contribution < 1.29 is 4.74 Å². The molecule has 1 nitrogen and oxygen atoms in total. The van der Waals surface area contributed by atoms with Gasteiger partial charge in [0.1, 0.15) is 6.10 Å². The normalized spacial score (nSPS) is 31.8. The molecular weight excluding hydrogens is 593 g/mol. The molecule has 0 amide bonds. The van der Waals surface area contributed by atoms with Gasteiger partial charge in [0.05, 0.1) is 6.10 Å². The third-order valence-corrected chi connectivity index (χ3v) is 14.8. The van der Waals surface area contributed by atoms with Crippen LogP contribution in [0.3, 0.4) is 0 Å². The molecule has 258 valence electrons. The SMILES string of the molecule is CC(C)CCC[C@@H](C)[C@H]1CC[C@H]2[C@@H]3CC=C4C[C@@H](OC(c5cccc6ccccc56)c5cccc6ccccc56)CC[C@]4(C)[C@H]3CC[C@]12C. The molecule has 49 heavy (non-hydrogen) atoms. The summed E-state index contributed by atoms with van der Waals surface area (Å²) in [5.41, 5.74) is 5.19. The lowest BCUT2D eigenvalue weighted by Gasteiger charge is -2.58. The Kier molecular flexibility index (Phi) is 9.05. The van der Waals surface area contributed by atoms with Crippen LogP contribution in [0.1, 0.15) is 122 Å². The summed E-state index contributed by atoms with van der Waals surface area (Å²) in [6.07, 6.45) is 17.7. The Balaban J connectivity index is 1.05. The maximum absolute atomic E-state index is 7.44. The van der Waals surface area contributed by atoms with E-state index in [4.69, 9.17) is 4.74 Å². The van der Waals surface area contributed by atoms with Crippen molar-refractivity contribution in [1.29, 1.82) is 0 Å². The maximum atomic E-state index is 7.44. The molecule has 4 aromatic rings. The van der Waals surface area contributed by atoms with Gasteiger partial charge in [0.15, 0.2) is 0 Å². The van der Waals surface area contributed by atoms with E-state index >= 15 is 0 Å². The van der Waals surface area contributed by atoms with E-state index in [9.17, 15) is 0 Å². The average Bonchev–Trinajstić information content (AvgIpc) is 3.47. The van der Waals surface area contributed by atoms with Crippen LogP contribution in [0, 0.1) is 46.3 Å². The summed E-state index contributed by atoms with van der Waals surface area (Å²) in [7, 11) is 0. The molecule has 0 N–H and O–H groups in total. The minimum Gasteiger partial charge on any atom is -0.365 e. The van der Waals surface area contributed by atoms with E-state index in [1.165, 1.54) is 90.5 Å². The van der Waals surface area contributed by atoms with Gasteiger partial charge in [0.25, 0.3) is 0 Å². The molecule has 4 aliphatic rings. The van der Waals surface area contributed by atoms with Crippen molar-refractivity contribution in [3.63, 3.8) is 0 Å². The first-order valence-electron chi connectivity index (χ1n) is 20.1. The topological polar surface area (TPSA) is 9.23 Å². The van der Waals surface area contributed by atoms with Gasteiger partial charge < -0.3 is 4.74 Å². The summed E-state index contributed by atoms with van der Waals surface area (Å²) >= 11 is 0.